The summed E-state index contributed by atoms with van der Waals surface area (Å²) in [7, 11) is 0. The van der Waals surface area contributed by atoms with Crippen LogP contribution in [0.5, 0.6) is 0 Å². The molecule has 98 valence electrons. The van der Waals surface area contributed by atoms with E-state index in [1.807, 2.05) is 19.3 Å². The Bertz CT molecular complexity index is 375. The minimum atomic E-state index is 0.770. The highest BCUT2D eigenvalue weighted by Gasteiger charge is 2.28. The van der Waals surface area contributed by atoms with E-state index in [2.05, 4.69) is 20.2 Å². The molecule has 1 N–H and O–H groups in total. The van der Waals surface area contributed by atoms with Crippen molar-refractivity contribution in [2.45, 2.75) is 38.6 Å². The van der Waals surface area contributed by atoms with Crippen LogP contribution < -0.4 is 10.2 Å². The van der Waals surface area contributed by atoms with Gasteiger partial charge in [0.25, 0.3) is 0 Å². The summed E-state index contributed by atoms with van der Waals surface area (Å²) in [6, 6.07) is 0.770. The van der Waals surface area contributed by atoms with Gasteiger partial charge in [0.05, 0.1) is 0 Å². The predicted octanol–water partition coefficient (Wildman–Crippen LogP) is 1.75. The Labute approximate surface area is 109 Å². The van der Waals surface area contributed by atoms with Crippen molar-refractivity contribution in [3.63, 3.8) is 0 Å². The van der Waals surface area contributed by atoms with Crippen molar-refractivity contribution < 1.29 is 0 Å². The molecule has 2 saturated heterocycles. The minimum Gasteiger partial charge on any atom is -0.341 e. The standard InChI is InChI=1S/C14H22N4/c1-11-9-16-14(17-10-11)18-7-4-12(5-8-18)13-3-2-6-15-13/h9-10,12-13,15H,2-8H2,1H3. The van der Waals surface area contributed by atoms with E-state index in [1.54, 1.807) is 0 Å². The van der Waals surface area contributed by atoms with E-state index in [4.69, 9.17) is 0 Å². The summed E-state index contributed by atoms with van der Waals surface area (Å²) in [5, 5.41) is 3.64. The maximum Gasteiger partial charge on any atom is 0.225 e. The highest BCUT2D eigenvalue weighted by atomic mass is 15.2. The number of aryl methyl sites for hydroxylation is 1. The third kappa shape index (κ3) is 2.48. The zero-order valence-electron chi connectivity index (χ0n) is 11.1. The van der Waals surface area contributed by atoms with Crippen LogP contribution in [0.15, 0.2) is 12.4 Å². The second kappa shape index (κ2) is 5.22. The van der Waals surface area contributed by atoms with Gasteiger partial charge in [-0.2, -0.15) is 0 Å². The Morgan fingerprint density at radius 1 is 1.17 bits per heavy atom. The highest BCUT2D eigenvalue weighted by molar-refractivity contribution is 5.30. The van der Waals surface area contributed by atoms with Gasteiger partial charge in [-0.1, -0.05) is 0 Å². The fourth-order valence-electron chi connectivity index (χ4n) is 3.16. The van der Waals surface area contributed by atoms with E-state index in [-0.39, 0.29) is 0 Å². The zero-order chi connectivity index (χ0) is 12.4. The Morgan fingerprint density at radius 2 is 1.89 bits per heavy atom. The van der Waals surface area contributed by atoms with Gasteiger partial charge >= 0.3 is 0 Å². The van der Waals surface area contributed by atoms with Gasteiger partial charge in [0.2, 0.25) is 5.95 Å². The molecule has 4 heteroatoms. The largest absolute Gasteiger partial charge is 0.341 e. The molecule has 0 amide bonds. The average Bonchev–Trinajstić information content (AvgIpc) is 2.94. The zero-order valence-corrected chi connectivity index (χ0v) is 11.1. The summed E-state index contributed by atoms with van der Waals surface area (Å²) in [5.41, 5.74) is 1.13. The molecule has 2 aliphatic heterocycles. The molecule has 0 spiro atoms. The lowest BCUT2D eigenvalue weighted by atomic mass is 9.89. The second-order valence-electron chi connectivity index (χ2n) is 5.59. The van der Waals surface area contributed by atoms with E-state index < -0.39 is 0 Å². The molecule has 0 aromatic carbocycles. The fraction of sp³-hybridized carbons (Fsp3) is 0.714. The van der Waals surface area contributed by atoms with Crippen LogP contribution >= 0.6 is 0 Å². The third-order valence-corrected chi connectivity index (χ3v) is 4.26. The van der Waals surface area contributed by atoms with Crippen molar-refractivity contribution >= 4 is 5.95 Å². The molecule has 3 heterocycles. The average molecular weight is 246 g/mol. The Balaban J connectivity index is 1.57. The van der Waals surface area contributed by atoms with Crippen molar-refractivity contribution in [3.8, 4) is 0 Å². The molecule has 2 aliphatic rings. The molecule has 4 nitrogen and oxygen atoms in total. The van der Waals surface area contributed by atoms with E-state index >= 15 is 0 Å². The smallest absolute Gasteiger partial charge is 0.225 e. The number of piperidine rings is 1. The van der Waals surface area contributed by atoms with Crippen LogP contribution in [-0.4, -0.2) is 35.6 Å². The molecular weight excluding hydrogens is 224 g/mol. The Kier molecular flexibility index (Phi) is 3.46. The van der Waals surface area contributed by atoms with E-state index in [1.165, 1.54) is 32.2 Å². The van der Waals surface area contributed by atoms with Crippen LogP contribution in [0.3, 0.4) is 0 Å². The van der Waals surface area contributed by atoms with Crippen molar-refractivity contribution in [1.29, 1.82) is 0 Å². The van der Waals surface area contributed by atoms with Crippen LogP contribution in [0.2, 0.25) is 0 Å². The first kappa shape index (κ1) is 11.9. The first-order valence-corrected chi connectivity index (χ1v) is 7.10. The van der Waals surface area contributed by atoms with Gasteiger partial charge in [0.15, 0.2) is 0 Å². The lowest BCUT2D eigenvalue weighted by Gasteiger charge is -2.34. The van der Waals surface area contributed by atoms with Crippen molar-refractivity contribution in [2.24, 2.45) is 5.92 Å². The molecule has 0 bridgehead atoms. The maximum absolute atomic E-state index is 4.42. The molecule has 1 atom stereocenters. The second-order valence-corrected chi connectivity index (χ2v) is 5.59. The number of nitrogens with zero attached hydrogens (tertiary/aromatic N) is 3. The monoisotopic (exact) mass is 246 g/mol. The van der Waals surface area contributed by atoms with Gasteiger partial charge in [0, 0.05) is 31.5 Å². The molecule has 1 aromatic heterocycles. The summed E-state index contributed by atoms with van der Waals surface area (Å²) in [5.74, 6) is 1.76. The fourth-order valence-corrected chi connectivity index (χ4v) is 3.16. The van der Waals surface area contributed by atoms with Gasteiger partial charge in [-0.05, 0) is 50.6 Å². The number of nitrogens with one attached hydrogen (secondary N) is 1. The van der Waals surface area contributed by atoms with E-state index in [0.29, 0.717) is 0 Å². The summed E-state index contributed by atoms with van der Waals surface area (Å²) in [4.78, 5) is 11.2. The van der Waals surface area contributed by atoms with Crippen molar-refractivity contribution in [1.82, 2.24) is 15.3 Å². The molecule has 0 aliphatic carbocycles. The van der Waals surface area contributed by atoms with Gasteiger partial charge in [-0.3, -0.25) is 0 Å². The molecule has 3 rings (SSSR count). The molecular formula is C14H22N4. The number of hydrogen-bond acceptors (Lipinski definition) is 4. The summed E-state index contributed by atoms with van der Waals surface area (Å²) in [6.45, 7) is 5.45. The number of hydrogen-bond donors (Lipinski definition) is 1. The van der Waals surface area contributed by atoms with Gasteiger partial charge in [-0.25, -0.2) is 9.97 Å². The molecule has 18 heavy (non-hydrogen) atoms. The minimum absolute atomic E-state index is 0.770. The lowest BCUT2D eigenvalue weighted by molar-refractivity contribution is 0.317. The molecule has 0 radical (unpaired) electrons. The van der Waals surface area contributed by atoms with Crippen LogP contribution in [-0.2, 0) is 0 Å². The van der Waals surface area contributed by atoms with Gasteiger partial charge in [-0.15, -0.1) is 0 Å². The van der Waals surface area contributed by atoms with E-state index in [9.17, 15) is 0 Å². The number of aromatic nitrogens is 2. The molecule has 1 aromatic rings. The predicted molar refractivity (Wildman–Crippen MR) is 72.7 cm³/mol. The summed E-state index contributed by atoms with van der Waals surface area (Å²) < 4.78 is 0. The van der Waals surface area contributed by atoms with Gasteiger partial charge < -0.3 is 10.2 Å². The number of anilines is 1. The number of rotatable bonds is 2. The highest BCUT2D eigenvalue weighted by Crippen LogP contribution is 2.26. The Morgan fingerprint density at radius 3 is 2.50 bits per heavy atom. The molecule has 0 saturated carbocycles. The van der Waals surface area contributed by atoms with Gasteiger partial charge in [0.1, 0.15) is 0 Å². The first-order valence-electron chi connectivity index (χ1n) is 7.10. The van der Waals surface area contributed by atoms with Crippen molar-refractivity contribution in [3.05, 3.63) is 18.0 Å². The topological polar surface area (TPSA) is 41.1 Å². The first-order chi connectivity index (χ1) is 8.83. The summed E-state index contributed by atoms with van der Waals surface area (Å²) >= 11 is 0. The van der Waals surface area contributed by atoms with Crippen LogP contribution in [0.4, 0.5) is 5.95 Å². The quantitative estimate of drug-likeness (QED) is 0.863. The summed E-state index contributed by atoms with van der Waals surface area (Å²) in [6.07, 6.45) is 9.08. The molecule has 1 unspecified atom stereocenters. The van der Waals surface area contributed by atoms with Crippen LogP contribution in [0.25, 0.3) is 0 Å². The Hall–Kier alpha value is -1.16. The SMILES string of the molecule is Cc1cnc(N2CCC(C3CCCN3)CC2)nc1. The maximum atomic E-state index is 4.42. The van der Waals surface area contributed by atoms with Crippen molar-refractivity contribution in [2.75, 3.05) is 24.5 Å². The van der Waals surface area contributed by atoms with Crippen LogP contribution in [0, 0.1) is 12.8 Å². The van der Waals surface area contributed by atoms with Crippen LogP contribution in [0.1, 0.15) is 31.2 Å². The third-order valence-electron chi connectivity index (χ3n) is 4.26. The van der Waals surface area contributed by atoms with E-state index in [0.717, 1.165) is 36.6 Å². The molecule has 2 fully saturated rings. The lowest BCUT2D eigenvalue weighted by Crippen LogP contribution is -2.41. The normalized spacial score (nSPS) is 25.6.